The maximum atomic E-state index is 11.1. The lowest BCUT2D eigenvalue weighted by atomic mass is 10.1. The van der Waals surface area contributed by atoms with Crippen LogP contribution in [0.4, 0.5) is 5.82 Å². The van der Waals surface area contributed by atoms with Crippen LogP contribution in [0.1, 0.15) is 6.92 Å². The number of hydrogen-bond acceptors (Lipinski definition) is 3. The van der Waals surface area contributed by atoms with Crippen LogP contribution in [0.3, 0.4) is 0 Å². The van der Waals surface area contributed by atoms with Gasteiger partial charge >= 0.3 is 7.60 Å². The molecule has 1 heterocycles. The van der Waals surface area contributed by atoms with Crippen LogP contribution in [0.15, 0.2) is 48.7 Å². The number of benzene rings is 1. The zero-order valence-electron chi connectivity index (χ0n) is 10.4. The molecule has 1 aromatic heterocycles. The molecule has 19 heavy (non-hydrogen) atoms. The van der Waals surface area contributed by atoms with Crippen LogP contribution in [0.2, 0.25) is 0 Å². The van der Waals surface area contributed by atoms with Gasteiger partial charge in [-0.15, -0.1) is 0 Å². The van der Waals surface area contributed by atoms with E-state index in [2.05, 4.69) is 10.3 Å². The van der Waals surface area contributed by atoms with Crippen LogP contribution in [-0.2, 0) is 4.57 Å². The molecule has 0 spiro atoms. The van der Waals surface area contributed by atoms with Crippen molar-refractivity contribution in [2.75, 3.05) is 5.32 Å². The van der Waals surface area contributed by atoms with Crippen molar-refractivity contribution in [2.24, 2.45) is 0 Å². The summed E-state index contributed by atoms with van der Waals surface area (Å²) in [6.07, 6.45) is 1.61. The molecule has 0 aliphatic heterocycles. The Hall–Kier alpha value is -1.68. The van der Waals surface area contributed by atoms with Crippen LogP contribution in [-0.4, -0.2) is 20.6 Å². The lowest BCUT2D eigenvalue weighted by molar-refractivity contribution is 0.364. The van der Waals surface area contributed by atoms with Gasteiger partial charge < -0.3 is 15.1 Å². The van der Waals surface area contributed by atoms with E-state index in [0.717, 1.165) is 11.1 Å². The number of rotatable bonds is 4. The van der Waals surface area contributed by atoms with Crippen molar-refractivity contribution in [1.29, 1.82) is 0 Å². The minimum absolute atomic E-state index is 0.442. The molecule has 0 saturated carbocycles. The van der Waals surface area contributed by atoms with Crippen LogP contribution in [0.25, 0.3) is 11.1 Å². The van der Waals surface area contributed by atoms with E-state index in [1.807, 2.05) is 36.4 Å². The molecule has 100 valence electrons. The molecule has 2 rings (SSSR count). The highest BCUT2D eigenvalue weighted by atomic mass is 31.2. The van der Waals surface area contributed by atoms with Gasteiger partial charge in [-0.3, -0.25) is 4.57 Å². The zero-order chi connectivity index (χ0) is 13.9. The van der Waals surface area contributed by atoms with Crippen molar-refractivity contribution >= 4 is 13.4 Å². The lowest BCUT2D eigenvalue weighted by Gasteiger charge is -2.16. The van der Waals surface area contributed by atoms with Crippen molar-refractivity contribution in [3.8, 4) is 11.1 Å². The summed E-state index contributed by atoms with van der Waals surface area (Å²) in [5.41, 5.74) is 1.97. The van der Waals surface area contributed by atoms with Gasteiger partial charge in [-0.1, -0.05) is 30.3 Å². The average molecular weight is 278 g/mol. The van der Waals surface area contributed by atoms with Gasteiger partial charge in [0.25, 0.3) is 0 Å². The minimum Gasteiger partial charge on any atom is -0.356 e. The smallest absolute Gasteiger partial charge is 0.347 e. The van der Waals surface area contributed by atoms with E-state index >= 15 is 0 Å². The van der Waals surface area contributed by atoms with E-state index in [1.54, 1.807) is 12.3 Å². The fraction of sp³-hybridized carbons (Fsp3) is 0.154. The largest absolute Gasteiger partial charge is 0.356 e. The minimum atomic E-state index is -4.16. The van der Waals surface area contributed by atoms with Gasteiger partial charge in [-0.25, -0.2) is 4.98 Å². The summed E-state index contributed by atoms with van der Waals surface area (Å²) in [5.74, 6) is -0.525. The second-order valence-electron chi connectivity index (χ2n) is 4.21. The molecule has 0 radical (unpaired) electrons. The van der Waals surface area contributed by atoms with Crippen molar-refractivity contribution in [2.45, 2.75) is 12.7 Å². The van der Waals surface area contributed by atoms with Crippen LogP contribution < -0.4 is 5.32 Å². The number of pyridine rings is 1. The monoisotopic (exact) mass is 278 g/mol. The molecular formula is C13H15N2O3P. The summed E-state index contributed by atoms with van der Waals surface area (Å²) >= 11 is 0. The van der Waals surface area contributed by atoms with Gasteiger partial charge in [0.1, 0.15) is 11.6 Å². The molecule has 3 N–H and O–H groups in total. The van der Waals surface area contributed by atoms with Gasteiger partial charge in [0.05, 0.1) is 0 Å². The molecule has 1 aromatic carbocycles. The summed E-state index contributed by atoms with van der Waals surface area (Å²) in [5, 5.41) is 2.72. The third-order valence-electron chi connectivity index (χ3n) is 2.73. The fourth-order valence-electron chi connectivity index (χ4n) is 1.62. The second-order valence-corrected chi connectivity index (χ2v) is 6.16. The Labute approximate surface area is 111 Å². The number of anilines is 1. The number of hydrogen-bond donors (Lipinski definition) is 3. The molecule has 0 aliphatic carbocycles. The summed E-state index contributed by atoms with van der Waals surface area (Å²) in [6, 6.07) is 13.3. The van der Waals surface area contributed by atoms with Gasteiger partial charge in [0, 0.05) is 6.20 Å². The van der Waals surface area contributed by atoms with Gasteiger partial charge in [-0.05, 0) is 30.2 Å². The Kier molecular flexibility index (Phi) is 4.00. The maximum absolute atomic E-state index is 11.1. The van der Waals surface area contributed by atoms with E-state index in [9.17, 15) is 4.57 Å². The van der Waals surface area contributed by atoms with E-state index < -0.39 is 13.4 Å². The van der Waals surface area contributed by atoms with Crippen molar-refractivity contribution in [1.82, 2.24) is 4.98 Å². The Bertz CT molecular complexity index is 598. The maximum Gasteiger partial charge on any atom is 0.347 e. The first-order valence-corrected chi connectivity index (χ1v) is 7.48. The van der Waals surface area contributed by atoms with Gasteiger partial charge in [0.15, 0.2) is 0 Å². The lowest BCUT2D eigenvalue weighted by Crippen LogP contribution is -2.15. The Morgan fingerprint density at radius 2 is 1.84 bits per heavy atom. The fourth-order valence-corrected chi connectivity index (χ4v) is 1.92. The molecular weight excluding hydrogens is 263 g/mol. The molecule has 2 aromatic rings. The topological polar surface area (TPSA) is 82.5 Å². The molecule has 6 heteroatoms. The highest BCUT2D eigenvalue weighted by molar-refractivity contribution is 7.52. The van der Waals surface area contributed by atoms with Crippen molar-refractivity contribution in [3.63, 3.8) is 0 Å². The SMILES string of the molecule is CC(Nc1cc(-c2ccccc2)ccn1)P(=O)(O)O. The third-order valence-corrected chi connectivity index (χ3v) is 3.87. The summed E-state index contributed by atoms with van der Waals surface area (Å²) in [6.45, 7) is 1.43. The Morgan fingerprint density at radius 1 is 1.16 bits per heavy atom. The quantitative estimate of drug-likeness (QED) is 0.749. The standard InChI is InChI=1S/C13H15N2O3P/c1-10(19(16,17)18)15-13-9-12(7-8-14-13)11-5-3-2-4-6-11/h2-10H,1H3,(H,14,15)(H2,16,17,18). The number of aromatic nitrogens is 1. The molecule has 0 aliphatic rings. The molecule has 1 atom stereocenters. The van der Waals surface area contributed by atoms with Crippen molar-refractivity contribution in [3.05, 3.63) is 48.7 Å². The molecule has 0 bridgehead atoms. The molecule has 0 saturated heterocycles. The average Bonchev–Trinajstić information content (AvgIpc) is 2.39. The third kappa shape index (κ3) is 3.64. The Morgan fingerprint density at radius 3 is 2.47 bits per heavy atom. The summed E-state index contributed by atoms with van der Waals surface area (Å²) in [7, 11) is -4.16. The van der Waals surface area contributed by atoms with Gasteiger partial charge in [-0.2, -0.15) is 0 Å². The molecule has 5 nitrogen and oxygen atoms in total. The molecule has 0 amide bonds. The number of nitrogens with one attached hydrogen (secondary N) is 1. The van der Waals surface area contributed by atoms with Crippen LogP contribution in [0, 0.1) is 0 Å². The first-order chi connectivity index (χ1) is 8.97. The van der Waals surface area contributed by atoms with Crippen LogP contribution in [0.5, 0.6) is 0 Å². The van der Waals surface area contributed by atoms with E-state index in [4.69, 9.17) is 9.79 Å². The zero-order valence-corrected chi connectivity index (χ0v) is 11.3. The highest BCUT2D eigenvalue weighted by Crippen LogP contribution is 2.40. The summed E-state index contributed by atoms with van der Waals surface area (Å²) in [4.78, 5) is 22.2. The van der Waals surface area contributed by atoms with Gasteiger partial charge in [0.2, 0.25) is 0 Å². The highest BCUT2D eigenvalue weighted by Gasteiger charge is 2.23. The predicted octanol–water partition coefficient (Wildman–Crippen LogP) is 2.68. The van der Waals surface area contributed by atoms with Crippen molar-refractivity contribution < 1.29 is 14.4 Å². The predicted molar refractivity (Wildman–Crippen MR) is 74.8 cm³/mol. The molecule has 1 unspecified atom stereocenters. The van der Waals surface area contributed by atoms with E-state index in [-0.39, 0.29) is 0 Å². The molecule has 0 fully saturated rings. The Balaban J connectivity index is 2.23. The van der Waals surface area contributed by atoms with Crippen LogP contribution >= 0.6 is 7.60 Å². The first kappa shape index (κ1) is 13.7. The second kappa shape index (κ2) is 5.53. The number of nitrogens with zero attached hydrogens (tertiary/aromatic N) is 1. The van der Waals surface area contributed by atoms with E-state index in [0.29, 0.717) is 5.82 Å². The first-order valence-electron chi connectivity index (χ1n) is 5.80. The van der Waals surface area contributed by atoms with E-state index in [1.165, 1.54) is 6.92 Å². The normalized spacial score (nSPS) is 13.0. The summed E-state index contributed by atoms with van der Waals surface area (Å²) < 4.78 is 11.1.